The van der Waals surface area contributed by atoms with Crippen molar-refractivity contribution in [3.05, 3.63) is 46.4 Å². The summed E-state index contributed by atoms with van der Waals surface area (Å²) < 4.78 is 0. The van der Waals surface area contributed by atoms with Gasteiger partial charge in [-0.1, -0.05) is 0 Å². The molecule has 1 N–H and O–H groups in total. The fraction of sp³-hybridized carbons (Fsp3) is 0.308. The predicted octanol–water partition coefficient (Wildman–Crippen LogP) is 3.25. The average molecular weight is 198 g/mol. The minimum atomic E-state index is 0.569. The molecule has 0 atom stereocenters. The molecule has 2 nitrogen and oxygen atoms in total. The number of hydrogen-bond donors (Lipinski definition) is 1. The molecule has 76 valence electrons. The predicted molar refractivity (Wildman–Crippen MR) is 62.9 cm³/mol. The first-order valence-electron chi connectivity index (χ1n) is 5.13. The van der Waals surface area contributed by atoms with Gasteiger partial charge in [-0.3, -0.25) is 0 Å². The van der Waals surface area contributed by atoms with Crippen LogP contribution in [-0.4, -0.2) is 11.5 Å². The maximum Gasteiger partial charge on any atom is 0.218 e. The molecule has 2 rings (SSSR count). The molecule has 1 heterocycles. The molecular formula is C13H14N2. The van der Waals surface area contributed by atoms with Gasteiger partial charge in [0, 0.05) is 23.5 Å². The van der Waals surface area contributed by atoms with Gasteiger partial charge in [-0.05, 0) is 42.7 Å². The van der Waals surface area contributed by atoms with E-state index in [9.17, 15) is 0 Å². The van der Waals surface area contributed by atoms with Gasteiger partial charge >= 0.3 is 0 Å². The van der Waals surface area contributed by atoms with Gasteiger partial charge in [0.1, 0.15) is 0 Å². The van der Waals surface area contributed by atoms with E-state index in [-0.39, 0.29) is 0 Å². The standard InChI is InChI=1S/C13H14N2/c1-9-6-12-11(4-5-14-3)8-15-13(12)7-10(9)2/h6-8,15H,4-5H2,1-2H3. The summed E-state index contributed by atoms with van der Waals surface area (Å²) in [6, 6.07) is 4.38. The summed E-state index contributed by atoms with van der Waals surface area (Å²) in [6.07, 6.45) is 2.86. The molecule has 0 fully saturated rings. The van der Waals surface area contributed by atoms with Crippen LogP contribution in [0.1, 0.15) is 16.7 Å². The molecular weight excluding hydrogens is 184 g/mol. The molecule has 0 saturated heterocycles. The van der Waals surface area contributed by atoms with E-state index in [2.05, 4.69) is 35.8 Å². The summed E-state index contributed by atoms with van der Waals surface area (Å²) in [5.74, 6) is 0. The summed E-state index contributed by atoms with van der Waals surface area (Å²) in [5.41, 5.74) is 5.05. The lowest BCUT2D eigenvalue weighted by Gasteiger charge is -2.00. The number of fused-ring (bicyclic) bond motifs is 1. The second-order valence-electron chi connectivity index (χ2n) is 3.93. The third kappa shape index (κ3) is 1.73. The topological polar surface area (TPSA) is 20.1 Å². The van der Waals surface area contributed by atoms with E-state index in [1.807, 2.05) is 6.20 Å². The van der Waals surface area contributed by atoms with Crippen LogP contribution in [0.4, 0.5) is 0 Å². The second kappa shape index (κ2) is 3.78. The summed E-state index contributed by atoms with van der Waals surface area (Å²) in [6.45, 7) is 11.6. The number of aromatic amines is 1. The zero-order chi connectivity index (χ0) is 10.8. The van der Waals surface area contributed by atoms with E-state index in [0.29, 0.717) is 6.54 Å². The number of nitrogens with zero attached hydrogens (tertiary/aromatic N) is 1. The molecule has 2 heteroatoms. The quantitative estimate of drug-likeness (QED) is 0.715. The van der Waals surface area contributed by atoms with E-state index in [1.165, 1.54) is 27.6 Å². The fourth-order valence-corrected chi connectivity index (χ4v) is 1.83. The molecule has 15 heavy (non-hydrogen) atoms. The van der Waals surface area contributed by atoms with Crippen molar-refractivity contribution in [1.82, 2.24) is 4.98 Å². The van der Waals surface area contributed by atoms with E-state index < -0.39 is 0 Å². The molecule has 0 bridgehead atoms. The van der Waals surface area contributed by atoms with Gasteiger partial charge in [0.25, 0.3) is 0 Å². The molecule has 0 unspecified atom stereocenters. The summed E-state index contributed by atoms with van der Waals surface area (Å²) in [7, 11) is 0. The second-order valence-corrected chi connectivity index (χ2v) is 3.93. The highest BCUT2D eigenvalue weighted by Crippen LogP contribution is 2.22. The Bertz CT molecular complexity index is 529. The van der Waals surface area contributed by atoms with Gasteiger partial charge < -0.3 is 9.83 Å². The lowest BCUT2D eigenvalue weighted by molar-refractivity contribution is 1.09. The van der Waals surface area contributed by atoms with Crippen molar-refractivity contribution in [3.8, 4) is 0 Å². The third-order valence-electron chi connectivity index (χ3n) is 2.87. The lowest BCUT2D eigenvalue weighted by atomic mass is 10.0. The average Bonchev–Trinajstić information content (AvgIpc) is 2.59. The first-order chi connectivity index (χ1) is 7.22. The first kappa shape index (κ1) is 9.79. The van der Waals surface area contributed by atoms with E-state index in [1.54, 1.807) is 0 Å². The molecule has 0 aliphatic rings. The van der Waals surface area contributed by atoms with E-state index >= 15 is 0 Å². The number of rotatable bonds is 2. The van der Waals surface area contributed by atoms with Crippen LogP contribution in [-0.2, 0) is 6.42 Å². The Balaban J connectivity index is 2.50. The van der Waals surface area contributed by atoms with Crippen LogP contribution in [0.15, 0.2) is 18.3 Å². The van der Waals surface area contributed by atoms with Crippen LogP contribution in [0, 0.1) is 20.4 Å². The number of aryl methyl sites for hydroxylation is 2. The Morgan fingerprint density at radius 2 is 2.00 bits per heavy atom. The van der Waals surface area contributed by atoms with Gasteiger partial charge in [-0.2, -0.15) is 0 Å². The molecule has 0 aliphatic heterocycles. The van der Waals surface area contributed by atoms with Gasteiger partial charge in [0.2, 0.25) is 6.54 Å². The molecule has 0 aliphatic carbocycles. The Kier molecular flexibility index (Phi) is 2.47. The van der Waals surface area contributed by atoms with Crippen molar-refractivity contribution in [2.75, 3.05) is 6.54 Å². The smallest absolute Gasteiger partial charge is 0.218 e. The van der Waals surface area contributed by atoms with Gasteiger partial charge in [-0.15, -0.1) is 0 Å². The van der Waals surface area contributed by atoms with Crippen LogP contribution in [0.5, 0.6) is 0 Å². The van der Waals surface area contributed by atoms with Crippen molar-refractivity contribution in [2.24, 2.45) is 0 Å². The highest BCUT2D eigenvalue weighted by Gasteiger charge is 2.06. The molecule has 1 aromatic carbocycles. The Morgan fingerprint density at radius 1 is 1.27 bits per heavy atom. The van der Waals surface area contributed by atoms with Crippen LogP contribution >= 0.6 is 0 Å². The minimum absolute atomic E-state index is 0.569. The monoisotopic (exact) mass is 198 g/mol. The van der Waals surface area contributed by atoms with Crippen molar-refractivity contribution in [1.29, 1.82) is 0 Å². The van der Waals surface area contributed by atoms with Crippen molar-refractivity contribution >= 4 is 10.9 Å². The molecule has 0 radical (unpaired) electrons. The van der Waals surface area contributed by atoms with Crippen molar-refractivity contribution in [3.63, 3.8) is 0 Å². The summed E-state index contributed by atoms with van der Waals surface area (Å²) in [5, 5.41) is 1.27. The zero-order valence-corrected chi connectivity index (χ0v) is 9.09. The highest BCUT2D eigenvalue weighted by atomic mass is 14.7. The summed E-state index contributed by atoms with van der Waals surface area (Å²) in [4.78, 5) is 6.66. The van der Waals surface area contributed by atoms with Gasteiger partial charge in [-0.25, -0.2) is 6.57 Å². The largest absolute Gasteiger partial charge is 0.361 e. The molecule has 1 aromatic heterocycles. The van der Waals surface area contributed by atoms with Crippen molar-refractivity contribution < 1.29 is 0 Å². The Labute approximate surface area is 89.7 Å². The van der Waals surface area contributed by atoms with Gasteiger partial charge in [0.15, 0.2) is 0 Å². The maximum absolute atomic E-state index is 6.80. The minimum Gasteiger partial charge on any atom is -0.361 e. The number of hydrogen-bond acceptors (Lipinski definition) is 0. The SMILES string of the molecule is [C-]#[N+]CCc1c[nH]c2cc(C)c(C)cc12. The van der Waals surface area contributed by atoms with Crippen LogP contribution in [0.25, 0.3) is 15.7 Å². The number of aromatic nitrogens is 1. The molecule has 0 saturated carbocycles. The normalized spacial score (nSPS) is 10.5. The zero-order valence-electron chi connectivity index (χ0n) is 9.09. The number of H-pyrrole nitrogens is 1. The van der Waals surface area contributed by atoms with Gasteiger partial charge in [0.05, 0.1) is 0 Å². The first-order valence-corrected chi connectivity index (χ1v) is 5.13. The number of benzene rings is 1. The van der Waals surface area contributed by atoms with Crippen LogP contribution in [0.2, 0.25) is 0 Å². The van der Waals surface area contributed by atoms with Crippen LogP contribution in [0.3, 0.4) is 0 Å². The van der Waals surface area contributed by atoms with E-state index in [4.69, 9.17) is 6.57 Å². The fourth-order valence-electron chi connectivity index (χ4n) is 1.83. The lowest BCUT2D eigenvalue weighted by Crippen LogP contribution is -1.86. The molecule has 0 amide bonds. The Morgan fingerprint density at radius 3 is 2.73 bits per heavy atom. The number of nitrogens with one attached hydrogen (secondary N) is 1. The van der Waals surface area contributed by atoms with E-state index in [0.717, 1.165) is 6.42 Å². The van der Waals surface area contributed by atoms with Crippen LogP contribution < -0.4 is 0 Å². The van der Waals surface area contributed by atoms with Crippen molar-refractivity contribution in [2.45, 2.75) is 20.3 Å². The molecule has 0 spiro atoms. The maximum atomic E-state index is 6.80. The molecule has 2 aromatic rings. The summed E-state index contributed by atoms with van der Waals surface area (Å²) >= 11 is 0. The highest BCUT2D eigenvalue weighted by molar-refractivity contribution is 5.84. The Hall–Kier alpha value is -1.75. The third-order valence-corrected chi connectivity index (χ3v) is 2.87.